The van der Waals surface area contributed by atoms with Crippen LogP contribution < -0.4 is 20.9 Å². The number of amides is 1. The molecule has 8 nitrogen and oxygen atoms in total. The molecule has 4 rings (SSSR count). The number of benzene rings is 2. The topological polar surface area (TPSA) is 85.4 Å². The summed E-state index contributed by atoms with van der Waals surface area (Å²) in [7, 11) is 5.66. The predicted molar refractivity (Wildman–Crippen MR) is 153 cm³/mol. The van der Waals surface area contributed by atoms with Gasteiger partial charge in [0.1, 0.15) is 10.8 Å². The second-order valence-electron chi connectivity index (χ2n) is 10.4. The van der Waals surface area contributed by atoms with Crippen LogP contribution in [0.15, 0.2) is 42.6 Å². The molecular formula is C28H35ClFN7O. The molecule has 0 atom stereocenters. The lowest BCUT2D eigenvalue weighted by Crippen LogP contribution is -2.32. The Balaban J connectivity index is 1.64. The molecule has 0 radical (unpaired) electrons. The number of carbonyl (C=O) groups is 1. The van der Waals surface area contributed by atoms with Crippen LogP contribution in [0.4, 0.5) is 33.2 Å². The van der Waals surface area contributed by atoms with Crippen molar-refractivity contribution in [2.45, 2.75) is 32.1 Å². The average Bonchev–Trinajstić information content (AvgIpc) is 3.00. The minimum atomic E-state index is -0.596. The maximum Gasteiger partial charge on any atom is 0.253 e. The van der Waals surface area contributed by atoms with Crippen LogP contribution in [0.2, 0.25) is 5.02 Å². The highest BCUT2D eigenvalue weighted by Crippen LogP contribution is 2.40. The number of carbonyl (C=O) groups excluding carboxylic acids is 1. The average molecular weight is 540 g/mol. The van der Waals surface area contributed by atoms with Gasteiger partial charge in [0.05, 0.1) is 17.4 Å². The molecule has 3 N–H and O–H groups in total. The summed E-state index contributed by atoms with van der Waals surface area (Å²) in [6.07, 6.45) is 3.69. The van der Waals surface area contributed by atoms with Crippen molar-refractivity contribution < 1.29 is 9.18 Å². The lowest BCUT2D eigenvalue weighted by molar-refractivity contribution is 0.0963. The Bertz CT molecular complexity index is 1310. The summed E-state index contributed by atoms with van der Waals surface area (Å²) in [6.45, 7) is 7.48. The van der Waals surface area contributed by atoms with E-state index in [9.17, 15) is 9.18 Å². The summed E-state index contributed by atoms with van der Waals surface area (Å²) < 4.78 is 14.7. The van der Waals surface area contributed by atoms with Crippen LogP contribution in [-0.4, -0.2) is 61.6 Å². The Labute approximate surface area is 228 Å². The highest BCUT2D eigenvalue weighted by Gasteiger charge is 2.29. The molecule has 1 aromatic heterocycles. The fourth-order valence-corrected chi connectivity index (χ4v) is 4.84. The van der Waals surface area contributed by atoms with Gasteiger partial charge in [0.2, 0.25) is 5.95 Å². The number of hydrogen-bond donors (Lipinski definition) is 3. The molecule has 202 valence electrons. The summed E-state index contributed by atoms with van der Waals surface area (Å²) in [6, 6.07) is 10.6. The highest BCUT2D eigenvalue weighted by atomic mass is 35.5. The second kappa shape index (κ2) is 11.5. The van der Waals surface area contributed by atoms with E-state index in [1.54, 1.807) is 0 Å². The van der Waals surface area contributed by atoms with Crippen LogP contribution >= 0.6 is 11.6 Å². The first-order valence-corrected chi connectivity index (χ1v) is 13.1. The predicted octanol–water partition coefficient (Wildman–Crippen LogP) is 5.56. The highest BCUT2D eigenvalue weighted by molar-refractivity contribution is 6.33. The Morgan fingerprint density at radius 1 is 1.21 bits per heavy atom. The first kappa shape index (κ1) is 27.6. The van der Waals surface area contributed by atoms with Gasteiger partial charge < -0.3 is 25.8 Å². The van der Waals surface area contributed by atoms with Crippen molar-refractivity contribution in [3.63, 3.8) is 0 Å². The third kappa shape index (κ3) is 6.16. The molecular weight excluding hydrogens is 505 g/mol. The number of likely N-dealkylation sites (N-methyl/N-ethyl adjacent to an activating group) is 1. The number of fused-ring (bicyclic) bond motifs is 1. The molecule has 0 bridgehead atoms. The van der Waals surface area contributed by atoms with Gasteiger partial charge >= 0.3 is 0 Å². The molecule has 0 aliphatic carbocycles. The van der Waals surface area contributed by atoms with Gasteiger partial charge in [-0.25, -0.2) is 9.37 Å². The standard InChI is InChI=1S/C28H35ClFN7O/c1-28(2)12-7-13-37(15-14-36(4)5)23-16-18(10-11-20(23)28)33-27-32-17-21(29)25(35-27)34-24-19(26(38)31-3)8-6-9-22(24)30/h6,8-11,16-17H,7,12-15H2,1-5H3,(H,31,38)(H2,32,33,34,35). The zero-order valence-electron chi connectivity index (χ0n) is 22.5. The number of anilines is 5. The molecule has 10 heteroatoms. The summed E-state index contributed by atoms with van der Waals surface area (Å²) >= 11 is 6.34. The molecule has 2 aromatic carbocycles. The number of halogens is 2. The van der Waals surface area contributed by atoms with Gasteiger partial charge in [-0.05, 0) is 62.2 Å². The van der Waals surface area contributed by atoms with E-state index >= 15 is 0 Å². The van der Waals surface area contributed by atoms with Crippen LogP contribution in [0.3, 0.4) is 0 Å². The third-order valence-corrected chi connectivity index (χ3v) is 7.12. The third-order valence-electron chi connectivity index (χ3n) is 6.84. The van der Waals surface area contributed by atoms with Crippen LogP contribution in [0.5, 0.6) is 0 Å². The Morgan fingerprint density at radius 3 is 2.74 bits per heavy atom. The fourth-order valence-electron chi connectivity index (χ4n) is 4.70. The Morgan fingerprint density at radius 2 is 2.00 bits per heavy atom. The Kier molecular flexibility index (Phi) is 8.38. The normalized spacial score (nSPS) is 14.6. The minimum Gasteiger partial charge on any atom is -0.370 e. The second-order valence-corrected chi connectivity index (χ2v) is 10.8. The quantitative estimate of drug-likeness (QED) is 0.346. The van der Waals surface area contributed by atoms with E-state index in [0.29, 0.717) is 5.95 Å². The van der Waals surface area contributed by atoms with Crippen molar-refractivity contribution in [1.82, 2.24) is 20.2 Å². The number of aromatic nitrogens is 2. The molecule has 0 fully saturated rings. The summed E-state index contributed by atoms with van der Waals surface area (Å²) in [4.78, 5) is 25.7. The van der Waals surface area contributed by atoms with Crippen LogP contribution in [0, 0.1) is 5.82 Å². The lowest BCUT2D eigenvalue weighted by Gasteiger charge is -2.30. The Hall–Kier alpha value is -3.43. The van der Waals surface area contributed by atoms with Crippen LogP contribution in [0.25, 0.3) is 0 Å². The van der Waals surface area contributed by atoms with Gasteiger partial charge in [0.25, 0.3) is 5.91 Å². The molecule has 1 aliphatic heterocycles. The van der Waals surface area contributed by atoms with Gasteiger partial charge in [0, 0.05) is 38.1 Å². The smallest absolute Gasteiger partial charge is 0.253 e. The SMILES string of the molecule is CNC(=O)c1cccc(F)c1Nc1nc(Nc2ccc3c(c2)N(CCN(C)C)CCCC3(C)C)ncc1Cl. The van der Waals surface area contributed by atoms with E-state index in [-0.39, 0.29) is 27.5 Å². The van der Waals surface area contributed by atoms with Gasteiger partial charge in [-0.15, -0.1) is 0 Å². The number of nitrogens with one attached hydrogen (secondary N) is 3. The van der Waals surface area contributed by atoms with Crippen molar-refractivity contribution >= 4 is 46.3 Å². The lowest BCUT2D eigenvalue weighted by atomic mass is 9.80. The number of rotatable bonds is 8. The van der Waals surface area contributed by atoms with Crippen molar-refractivity contribution in [2.75, 3.05) is 56.3 Å². The maximum absolute atomic E-state index is 14.7. The zero-order valence-corrected chi connectivity index (χ0v) is 23.3. The molecule has 38 heavy (non-hydrogen) atoms. The van der Waals surface area contributed by atoms with Gasteiger partial charge in [-0.1, -0.05) is 37.6 Å². The minimum absolute atomic E-state index is 0.0119. The number of nitrogens with zero attached hydrogens (tertiary/aromatic N) is 4. The molecule has 0 spiro atoms. The zero-order chi connectivity index (χ0) is 27.4. The van der Waals surface area contributed by atoms with E-state index in [1.807, 2.05) is 6.07 Å². The molecule has 0 saturated heterocycles. The van der Waals surface area contributed by atoms with E-state index in [1.165, 1.54) is 42.7 Å². The molecule has 0 unspecified atom stereocenters. The molecule has 3 aromatic rings. The van der Waals surface area contributed by atoms with Crippen LogP contribution in [0.1, 0.15) is 42.6 Å². The monoisotopic (exact) mass is 539 g/mol. The maximum atomic E-state index is 14.7. The van der Waals surface area contributed by atoms with E-state index in [4.69, 9.17) is 11.6 Å². The van der Waals surface area contributed by atoms with Crippen molar-refractivity contribution in [2.24, 2.45) is 0 Å². The first-order valence-electron chi connectivity index (χ1n) is 12.7. The van der Waals surface area contributed by atoms with Gasteiger partial charge in [0.15, 0.2) is 5.82 Å². The first-order chi connectivity index (χ1) is 18.1. The van der Waals surface area contributed by atoms with E-state index in [2.05, 4.69) is 75.8 Å². The van der Waals surface area contributed by atoms with Gasteiger partial charge in [-0.2, -0.15) is 4.98 Å². The van der Waals surface area contributed by atoms with Crippen molar-refractivity contribution in [1.29, 1.82) is 0 Å². The van der Waals surface area contributed by atoms with Gasteiger partial charge in [-0.3, -0.25) is 4.79 Å². The van der Waals surface area contributed by atoms with Crippen LogP contribution in [-0.2, 0) is 5.41 Å². The summed E-state index contributed by atoms with van der Waals surface area (Å²) in [5, 5.41) is 8.87. The van der Waals surface area contributed by atoms with E-state index < -0.39 is 11.7 Å². The molecule has 1 aliphatic rings. The fraction of sp³-hybridized carbons (Fsp3) is 0.393. The molecule has 0 saturated carbocycles. The summed E-state index contributed by atoms with van der Waals surface area (Å²) in [5.41, 5.74) is 3.55. The van der Waals surface area contributed by atoms with Crippen molar-refractivity contribution in [3.05, 3.63) is 64.6 Å². The number of para-hydroxylation sites is 1. The molecule has 1 amide bonds. The number of hydrogen-bond acceptors (Lipinski definition) is 7. The molecule has 2 heterocycles. The summed E-state index contributed by atoms with van der Waals surface area (Å²) in [5.74, 6) is -0.547. The van der Waals surface area contributed by atoms with Crippen molar-refractivity contribution in [3.8, 4) is 0 Å². The van der Waals surface area contributed by atoms with E-state index in [0.717, 1.165) is 38.2 Å². The largest absolute Gasteiger partial charge is 0.370 e.